The highest BCUT2D eigenvalue weighted by Gasteiger charge is 2.29. The van der Waals surface area contributed by atoms with E-state index in [1.165, 1.54) is 0 Å². The SMILES string of the molecule is CCOC(=O)C1CCCN(C(=O)COCc2cc(-c3cccs3)on2)C1. The molecule has 1 aliphatic rings. The van der Waals surface area contributed by atoms with E-state index in [0.29, 0.717) is 31.2 Å². The fraction of sp³-hybridized carbons (Fsp3) is 0.500. The molecule has 1 atom stereocenters. The second kappa shape index (κ2) is 8.95. The van der Waals surface area contributed by atoms with Gasteiger partial charge in [-0.3, -0.25) is 9.59 Å². The van der Waals surface area contributed by atoms with E-state index in [1.807, 2.05) is 23.6 Å². The van der Waals surface area contributed by atoms with Gasteiger partial charge in [0.05, 0.1) is 24.0 Å². The predicted molar refractivity (Wildman–Crippen MR) is 95.4 cm³/mol. The van der Waals surface area contributed by atoms with Gasteiger partial charge in [0.2, 0.25) is 5.91 Å². The maximum Gasteiger partial charge on any atom is 0.310 e. The lowest BCUT2D eigenvalue weighted by molar-refractivity contribution is -0.152. The van der Waals surface area contributed by atoms with E-state index in [4.69, 9.17) is 14.0 Å². The number of ether oxygens (including phenoxy) is 2. The summed E-state index contributed by atoms with van der Waals surface area (Å²) in [4.78, 5) is 26.8. The molecule has 26 heavy (non-hydrogen) atoms. The first kappa shape index (κ1) is 18.6. The Labute approximate surface area is 155 Å². The van der Waals surface area contributed by atoms with Crippen LogP contribution in [0.2, 0.25) is 0 Å². The molecule has 0 saturated carbocycles. The molecule has 0 radical (unpaired) electrons. The van der Waals surface area contributed by atoms with Crippen LogP contribution >= 0.6 is 11.3 Å². The minimum atomic E-state index is -0.239. The average molecular weight is 378 g/mol. The Bertz CT molecular complexity index is 728. The fourth-order valence-corrected chi connectivity index (χ4v) is 3.58. The molecule has 0 aliphatic carbocycles. The third-order valence-corrected chi connectivity index (χ3v) is 5.08. The topological polar surface area (TPSA) is 81.9 Å². The van der Waals surface area contributed by atoms with Crippen molar-refractivity contribution in [3.8, 4) is 10.6 Å². The van der Waals surface area contributed by atoms with Gasteiger partial charge in [-0.25, -0.2) is 0 Å². The van der Waals surface area contributed by atoms with Crippen molar-refractivity contribution >= 4 is 23.2 Å². The molecule has 2 aromatic rings. The van der Waals surface area contributed by atoms with Crippen molar-refractivity contribution in [2.45, 2.75) is 26.4 Å². The summed E-state index contributed by atoms with van der Waals surface area (Å²) in [6.07, 6.45) is 1.55. The zero-order valence-electron chi connectivity index (χ0n) is 14.7. The lowest BCUT2D eigenvalue weighted by Crippen LogP contribution is -2.44. The van der Waals surface area contributed by atoms with E-state index in [2.05, 4.69) is 5.16 Å². The van der Waals surface area contributed by atoms with Gasteiger partial charge in [-0.1, -0.05) is 11.2 Å². The molecule has 140 valence electrons. The molecular formula is C18H22N2O5S. The molecule has 0 N–H and O–H groups in total. The summed E-state index contributed by atoms with van der Waals surface area (Å²) in [7, 11) is 0. The summed E-state index contributed by atoms with van der Waals surface area (Å²) >= 11 is 1.57. The largest absolute Gasteiger partial charge is 0.466 e. The summed E-state index contributed by atoms with van der Waals surface area (Å²) < 4.78 is 15.8. The third kappa shape index (κ3) is 4.70. The van der Waals surface area contributed by atoms with Crippen molar-refractivity contribution in [1.29, 1.82) is 0 Å². The third-order valence-electron chi connectivity index (χ3n) is 4.19. The van der Waals surface area contributed by atoms with Crippen molar-refractivity contribution in [2.75, 3.05) is 26.3 Å². The smallest absolute Gasteiger partial charge is 0.310 e. The number of rotatable bonds is 7. The number of hydrogen-bond donors (Lipinski definition) is 0. The molecular weight excluding hydrogens is 356 g/mol. The van der Waals surface area contributed by atoms with E-state index < -0.39 is 0 Å². The highest BCUT2D eigenvalue weighted by Crippen LogP contribution is 2.25. The Morgan fingerprint density at radius 1 is 1.46 bits per heavy atom. The van der Waals surface area contributed by atoms with E-state index in [-0.39, 0.29) is 31.0 Å². The van der Waals surface area contributed by atoms with Gasteiger partial charge in [-0.2, -0.15) is 0 Å². The van der Waals surface area contributed by atoms with Gasteiger partial charge in [0, 0.05) is 19.2 Å². The van der Waals surface area contributed by atoms with Crippen LogP contribution in [-0.2, 0) is 25.7 Å². The van der Waals surface area contributed by atoms with E-state index in [1.54, 1.807) is 23.2 Å². The Balaban J connectivity index is 1.44. The van der Waals surface area contributed by atoms with Crippen molar-refractivity contribution < 1.29 is 23.6 Å². The Morgan fingerprint density at radius 3 is 3.12 bits per heavy atom. The summed E-state index contributed by atoms with van der Waals surface area (Å²) in [5.74, 6) is 0.102. The van der Waals surface area contributed by atoms with Crippen LogP contribution in [0.5, 0.6) is 0 Å². The van der Waals surface area contributed by atoms with Crippen LogP contribution in [0, 0.1) is 5.92 Å². The molecule has 8 heteroatoms. The van der Waals surface area contributed by atoms with Crippen LogP contribution in [0.15, 0.2) is 28.1 Å². The number of aromatic nitrogens is 1. The summed E-state index contributed by atoms with van der Waals surface area (Å²) in [5, 5.41) is 5.92. The van der Waals surface area contributed by atoms with Gasteiger partial charge >= 0.3 is 5.97 Å². The molecule has 1 fully saturated rings. The quantitative estimate of drug-likeness (QED) is 0.689. The minimum absolute atomic E-state index is 0.0449. The van der Waals surface area contributed by atoms with E-state index in [9.17, 15) is 9.59 Å². The molecule has 1 aliphatic heterocycles. The van der Waals surface area contributed by atoms with Gasteiger partial charge in [0.1, 0.15) is 12.3 Å². The van der Waals surface area contributed by atoms with Gasteiger partial charge < -0.3 is 18.9 Å². The molecule has 3 rings (SSSR count). The molecule has 0 spiro atoms. The highest BCUT2D eigenvalue weighted by atomic mass is 32.1. The van der Waals surface area contributed by atoms with Crippen molar-refractivity contribution in [1.82, 2.24) is 10.1 Å². The maximum atomic E-state index is 12.3. The fourth-order valence-electron chi connectivity index (χ4n) is 2.91. The van der Waals surface area contributed by atoms with Crippen molar-refractivity contribution in [2.24, 2.45) is 5.92 Å². The van der Waals surface area contributed by atoms with Crippen LogP contribution < -0.4 is 0 Å². The first-order valence-corrected chi connectivity index (χ1v) is 9.57. The second-order valence-electron chi connectivity index (χ2n) is 6.08. The first-order chi connectivity index (χ1) is 12.7. The summed E-state index contributed by atoms with van der Waals surface area (Å²) in [6.45, 7) is 3.34. The summed E-state index contributed by atoms with van der Waals surface area (Å²) in [6, 6.07) is 5.71. The number of likely N-dealkylation sites (tertiary alicyclic amines) is 1. The number of thiophene rings is 1. The van der Waals surface area contributed by atoms with Gasteiger partial charge in [0.15, 0.2) is 5.76 Å². The van der Waals surface area contributed by atoms with E-state index in [0.717, 1.165) is 17.7 Å². The lowest BCUT2D eigenvalue weighted by Gasteiger charge is -2.31. The molecule has 1 saturated heterocycles. The molecule has 0 bridgehead atoms. The highest BCUT2D eigenvalue weighted by molar-refractivity contribution is 7.13. The van der Waals surface area contributed by atoms with Crippen LogP contribution in [0.25, 0.3) is 10.6 Å². The Morgan fingerprint density at radius 2 is 2.35 bits per heavy atom. The average Bonchev–Trinajstić information content (AvgIpc) is 3.33. The van der Waals surface area contributed by atoms with E-state index >= 15 is 0 Å². The number of hydrogen-bond acceptors (Lipinski definition) is 7. The van der Waals surface area contributed by atoms with Crippen LogP contribution in [0.3, 0.4) is 0 Å². The van der Waals surface area contributed by atoms with Crippen molar-refractivity contribution in [3.05, 3.63) is 29.3 Å². The lowest BCUT2D eigenvalue weighted by atomic mass is 9.98. The molecule has 3 heterocycles. The summed E-state index contributed by atoms with van der Waals surface area (Å²) in [5.41, 5.74) is 0.643. The van der Waals surface area contributed by atoms with Crippen LogP contribution in [0.1, 0.15) is 25.5 Å². The standard InChI is InChI=1S/C18H22N2O5S/c1-2-24-18(22)13-5-3-7-20(10-13)17(21)12-23-11-14-9-15(25-19-14)16-6-4-8-26-16/h4,6,8-9,13H,2-3,5,7,10-12H2,1H3. The first-order valence-electron chi connectivity index (χ1n) is 8.69. The number of amides is 1. The number of piperidine rings is 1. The Kier molecular flexibility index (Phi) is 6.40. The van der Waals surface area contributed by atoms with Crippen LogP contribution in [0.4, 0.5) is 0 Å². The number of nitrogens with zero attached hydrogens (tertiary/aromatic N) is 2. The molecule has 1 amide bonds. The number of carbonyl (C=O) groups is 2. The zero-order valence-corrected chi connectivity index (χ0v) is 15.5. The predicted octanol–water partition coefficient (Wildman–Crippen LogP) is 2.72. The van der Waals surface area contributed by atoms with Crippen molar-refractivity contribution in [3.63, 3.8) is 0 Å². The normalized spacial score (nSPS) is 17.3. The molecule has 0 aromatic carbocycles. The molecule has 2 aromatic heterocycles. The van der Waals surface area contributed by atoms with Gasteiger partial charge in [-0.15, -0.1) is 11.3 Å². The molecule has 1 unspecified atom stereocenters. The zero-order chi connectivity index (χ0) is 18.4. The minimum Gasteiger partial charge on any atom is -0.466 e. The monoisotopic (exact) mass is 378 g/mol. The number of esters is 1. The second-order valence-corrected chi connectivity index (χ2v) is 7.03. The van der Waals surface area contributed by atoms with Gasteiger partial charge in [0.25, 0.3) is 0 Å². The van der Waals surface area contributed by atoms with Crippen LogP contribution in [-0.4, -0.2) is 48.2 Å². The maximum absolute atomic E-state index is 12.3. The number of carbonyl (C=O) groups excluding carboxylic acids is 2. The molecule has 7 nitrogen and oxygen atoms in total. The Hall–Kier alpha value is -2.19. The van der Waals surface area contributed by atoms with Gasteiger partial charge in [-0.05, 0) is 31.2 Å².